The van der Waals surface area contributed by atoms with Crippen LogP contribution >= 0.6 is 0 Å². The van der Waals surface area contributed by atoms with E-state index in [0.717, 1.165) is 29.3 Å². The van der Waals surface area contributed by atoms with Crippen LogP contribution in [0.5, 0.6) is 0 Å². The Morgan fingerprint density at radius 1 is 1.21 bits per heavy atom. The van der Waals surface area contributed by atoms with Crippen molar-refractivity contribution in [3.05, 3.63) is 47.5 Å². The predicted octanol–water partition coefficient (Wildman–Crippen LogP) is 2.50. The van der Waals surface area contributed by atoms with Gasteiger partial charge in [0.15, 0.2) is 0 Å². The van der Waals surface area contributed by atoms with Crippen LogP contribution in [-0.4, -0.2) is 24.7 Å². The highest BCUT2D eigenvalue weighted by Crippen LogP contribution is 2.17. The summed E-state index contributed by atoms with van der Waals surface area (Å²) >= 11 is 0. The van der Waals surface area contributed by atoms with Gasteiger partial charge in [0.2, 0.25) is 0 Å². The van der Waals surface area contributed by atoms with E-state index in [9.17, 15) is 4.79 Å². The molecule has 2 N–H and O–H groups in total. The smallest absolute Gasteiger partial charge is 0.335 e. The first kappa shape index (κ1) is 13.1. The van der Waals surface area contributed by atoms with Crippen molar-refractivity contribution in [2.24, 2.45) is 0 Å². The van der Waals surface area contributed by atoms with Gasteiger partial charge in [-0.3, -0.25) is 0 Å². The molecule has 2 aromatic carbocycles. The monoisotopic (exact) mass is 253 g/mol. The fourth-order valence-electron chi connectivity index (χ4n) is 1.81. The lowest BCUT2D eigenvalue weighted by molar-refractivity contribution is 0.0697. The Bertz CT molecular complexity index is 665. The first-order valence-electron chi connectivity index (χ1n) is 6.11. The molecule has 0 aromatic heterocycles. The van der Waals surface area contributed by atoms with Crippen LogP contribution in [0.15, 0.2) is 36.4 Å². The van der Waals surface area contributed by atoms with Gasteiger partial charge in [0.25, 0.3) is 0 Å². The van der Waals surface area contributed by atoms with E-state index < -0.39 is 5.97 Å². The molecule has 0 radical (unpaired) electrons. The van der Waals surface area contributed by atoms with Crippen molar-refractivity contribution >= 4 is 16.7 Å². The molecule has 2 rings (SSSR count). The summed E-state index contributed by atoms with van der Waals surface area (Å²) in [5.74, 6) is 5.29. The standard InChI is InChI=1S/C16H15NO2/c1-17-9-3-2-4-12-5-6-14-11-15(16(18)19)8-7-13(14)10-12/h5-8,10-11,17H,3,9H2,1H3,(H,18,19). The number of benzene rings is 2. The first-order valence-corrected chi connectivity index (χ1v) is 6.11. The maximum absolute atomic E-state index is 10.9. The van der Waals surface area contributed by atoms with Crippen molar-refractivity contribution in [1.82, 2.24) is 5.32 Å². The highest BCUT2D eigenvalue weighted by Gasteiger charge is 2.03. The van der Waals surface area contributed by atoms with Gasteiger partial charge in [-0.2, -0.15) is 0 Å². The molecule has 0 bridgehead atoms. The van der Waals surface area contributed by atoms with E-state index in [4.69, 9.17) is 5.11 Å². The average Bonchev–Trinajstić information content (AvgIpc) is 2.43. The largest absolute Gasteiger partial charge is 0.478 e. The van der Waals surface area contributed by atoms with E-state index in [2.05, 4.69) is 17.2 Å². The van der Waals surface area contributed by atoms with Crippen LogP contribution in [0, 0.1) is 11.8 Å². The molecule has 19 heavy (non-hydrogen) atoms. The second-order valence-corrected chi connectivity index (χ2v) is 4.24. The third-order valence-corrected chi connectivity index (χ3v) is 2.82. The lowest BCUT2D eigenvalue weighted by Crippen LogP contribution is -2.05. The number of nitrogens with one attached hydrogen (secondary N) is 1. The van der Waals surface area contributed by atoms with E-state index in [1.54, 1.807) is 12.1 Å². The molecule has 0 aliphatic rings. The molecule has 0 spiro atoms. The van der Waals surface area contributed by atoms with Gasteiger partial charge in [0.05, 0.1) is 5.56 Å². The number of rotatable bonds is 3. The third-order valence-electron chi connectivity index (χ3n) is 2.82. The van der Waals surface area contributed by atoms with Crippen molar-refractivity contribution in [2.75, 3.05) is 13.6 Å². The molecule has 3 heteroatoms. The molecular weight excluding hydrogens is 238 g/mol. The Morgan fingerprint density at radius 2 is 1.95 bits per heavy atom. The fraction of sp³-hybridized carbons (Fsp3) is 0.188. The topological polar surface area (TPSA) is 49.3 Å². The molecule has 0 atom stereocenters. The molecule has 0 unspecified atom stereocenters. The maximum Gasteiger partial charge on any atom is 0.335 e. The molecular formula is C16H15NO2. The van der Waals surface area contributed by atoms with Crippen LogP contribution in [0.25, 0.3) is 10.8 Å². The van der Waals surface area contributed by atoms with Crippen LogP contribution < -0.4 is 5.32 Å². The van der Waals surface area contributed by atoms with Crippen LogP contribution in [0.2, 0.25) is 0 Å². The zero-order chi connectivity index (χ0) is 13.7. The summed E-state index contributed by atoms with van der Waals surface area (Å²) in [6.07, 6.45) is 0.812. The Labute approximate surface area is 112 Å². The van der Waals surface area contributed by atoms with E-state index in [-0.39, 0.29) is 0 Å². The SMILES string of the molecule is CNCCC#Cc1ccc2cc(C(=O)O)ccc2c1. The third kappa shape index (κ3) is 3.34. The minimum Gasteiger partial charge on any atom is -0.478 e. The van der Waals surface area contributed by atoms with Crippen LogP contribution in [0.3, 0.4) is 0 Å². The normalized spacial score (nSPS) is 9.95. The summed E-state index contributed by atoms with van der Waals surface area (Å²) in [7, 11) is 1.90. The Morgan fingerprint density at radius 3 is 2.68 bits per heavy atom. The molecule has 0 heterocycles. The van der Waals surface area contributed by atoms with Gasteiger partial charge in [-0.25, -0.2) is 4.79 Å². The van der Waals surface area contributed by atoms with Crippen molar-refractivity contribution < 1.29 is 9.90 Å². The lowest BCUT2D eigenvalue weighted by Gasteiger charge is -2.00. The molecule has 0 aliphatic carbocycles. The zero-order valence-corrected chi connectivity index (χ0v) is 10.7. The van der Waals surface area contributed by atoms with Crippen molar-refractivity contribution in [2.45, 2.75) is 6.42 Å². The van der Waals surface area contributed by atoms with Crippen molar-refractivity contribution in [3.8, 4) is 11.8 Å². The zero-order valence-electron chi connectivity index (χ0n) is 10.7. The van der Waals surface area contributed by atoms with E-state index in [1.165, 1.54) is 0 Å². The van der Waals surface area contributed by atoms with Gasteiger partial charge >= 0.3 is 5.97 Å². The fourth-order valence-corrected chi connectivity index (χ4v) is 1.81. The number of hydrogen-bond acceptors (Lipinski definition) is 2. The molecule has 0 saturated carbocycles. The number of carboxylic acids is 1. The predicted molar refractivity (Wildman–Crippen MR) is 76.3 cm³/mol. The van der Waals surface area contributed by atoms with Gasteiger partial charge in [0, 0.05) is 18.5 Å². The van der Waals surface area contributed by atoms with E-state index in [0.29, 0.717) is 5.56 Å². The quantitative estimate of drug-likeness (QED) is 0.652. The average molecular weight is 253 g/mol. The van der Waals surface area contributed by atoms with Gasteiger partial charge in [0.1, 0.15) is 0 Å². The summed E-state index contributed by atoms with van der Waals surface area (Å²) in [5, 5.41) is 13.9. The summed E-state index contributed by atoms with van der Waals surface area (Å²) < 4.78 is 0. The minimum atomic E-state index is -0.905. The Balaban J connectivity index is 2.28. The van der Waals surface area contributed by atoms with Gasteiger partial charge < -0.3 is 10.4 Å². The van der Waals surface area contributed by atoms with Crippen LogP contribution in [0.1, 0.15) is 22.3 Å². The molecule has 0 amide bonds. The second-order valence-electron chi connectivity index (χ2n) is 4.24. The minimum absolute atomic E-state index is 0.306. The Hall–Kier alpha value is -2.31. The molecule has 0 aliphatic heterocycles. The molecule has 0 saturated heterocycles. The van der Waals surface area contributed by atoms with Crippen LogP contribution in [-0.2, 0) is 0 Å². The number of hydrogen-bond donors (Lipinski definition) is 2. The second kappa shape index (κ2) is 6.03. The summed E-state index contributed by atoms with van der Waals surface area (Å²) in [6, 6.07) is 10.9. The number of aromatic carboxylic acids is 1. The molecule has 3 nitrogen and oxygen atoms in total. The van der Waals surface area contributed by atoms with E-state index in [1.807, 2.05) is 31.3 Å². The number of carboxylic acid groups (broad SMARTS) is 1. The van der Waals surface area contributed by atoms with Crippen molar-refractivity contribution in [1.29, 1.82) is 0 Å². The van der Waals surface area contributed by atoms with Gasteiger partial charge in [-0.05, 0) is 42.1 Å². The molecule has 96 valence electrons. The van der Waals surface area contributed by atoms with E-state index >= 15 is 0 Å². The first-order chi connectivity index (χ1) is 9.20. The molecule has 2 aromatic rings. The summed E-state index contributed by atoms with van der Waals surface area (Å²) in [4.78, 5) is 10.9. The highest BCUT2D eigenvalue weighted by molar-refractivity contribution is 5.94. The number of fused-ring (bicyclic) bond motifs is 1. The summed E-state index contributed by atoms with van der Waals surface area (Å²) in [6.45, 7) is 0.878. The van der Waals surface area contributed by atoms with Gasteiger partial charge in [-0.1, -0.05) is 24.0 Å². The molecule has 0 fully saturated rings. The van der Waals surface area contributed by atoms with Crippen LogP contribution in [0.4, 0.5) is 0 Å². The lowest BCUT2D eigenvalue weighted by atomic mass is 10.0. The Kier molecular flexibility index (Phi) is 4.17. The van der Waals surface area contributed by atoms with Gasteiger partial charge in [-0.15, -0.1) is 0 Å². The van der Waals surface area contributed by atoms with Crippen molar-refractivity contribution in [3.63, 3.8) is 0 Å². The number of carbonyl (C=O) groups is 1. The maximum atomic E-state index is 10.9. The highest BCUT2D eigenvalue weighted by atomic mass is 16.4. The summed E-state index contributed by atoms with van der Waals surface area (Å²) in [5.41, 5.74) is 1.26.